The van der Waals surface area contributed by atoms with E-state index < -0.39 is 41.7 Å². The minimum atomic E-state index is -4.97. The summed E-state index contributed by atoms with van der Waals surface area (Å²) in [6, 6.07) is 9.79. The van der Waals surface area contributed by atoms with E-state index in [1.807, 2.05) is 30.3 Å². The number of nitrogens with zero attached hydrogens (tertiary/aromatic N) is 3. The van der Waals surface area contributed by atoms with Gasteiger partial charge in [-0.25, -0.2) is 14.5 Å². The second kappa shape index (κ2) is 12.9. The number of amides is 5. The summed E-state index contributed by atoms with van der Waals surface area (Å²) in [6.45, 7) is 3.33. The maximum absolute atomic E-state index is 13.6. The second-order valence-electron chi connectivity index (χ2n) is 11.7. The summed E-state index contributed by atoms with van der Waals surface area (Å²) in [5, 5.41) is 2.60. The Kier molecular flexibility index (Phi) is 9.33. The third-order valence-corrected chi connectivity index (χ3v) is 8.75. The summed E-state index contributed by atoms with van der Waals surface area (Å²) in [5.74, 6) is -0.795. The Morgan fingerprint density at radius 2 is 1.47 bits per heavy atom. The minimum absolute atomic E-state index is 0.0823. The largest absolute Gasteiger partial charge is 0.416 e. The summed E-state index contributed by atoms with van der Waals surface area (Å²) >= 11 is 0. The average molecular weight is 641 g/mol. The molecule has 14 heteroatoms. The molecule has 45 heavy (non-hydrogen) atoms. The predicted octanol–water partition coefficient (Wildman–Crippen LogP) is 6.04. The van der Waals surface area contributed by atoms with E-state index in [2.05, 4.69) is 5.32 Å². The van der Waals surface area contributed by atoms with Crippen molar-refractivity contribution in [3.8, 4) is 0 Å². The van der Waals surface area contributed by atoms with E-state index in [0.29, 0.717) is 64.1 Å². The maximum Gasteiger partial charge on any atom is 0.416 e. The Labute approximate surface area is 256 Å². The fraction of sp³-hybridized carbons (Fsp3) is 0.516. The van der Waals surface area contributed by atoms with Crippen LogP contribution in [0.1, 0.15) is 60.5 Å². The van der Waals surface area contributed by atoms with Crippen molar-refractivity contribution in [3.63, 3.8) is 0 Å². The number of benzene rings is 2. The fourth-order valence-corrected chi connectivity index (χ4v) is 6.27. The van der Waals surface area contributed by atoms with Crippen molar-refractivity contribution in [2.75, 3.05) is 39.3 Å². The van der Waals surface area contributed by atoms with Gasteiger partial charge in [-0.15, -0.1) is 0 Å². The molecular weight excluding hydrogens is 606 g/mol. The summed E-state index contributed by atoms with van der Waals surface area (Å²) in [5.41, 5.74) is -2.22. The lowest BCUT2D eigenvalue weighted by atomic mass is 9.86. The number of likely N-dealkylation sites (tertiary alicyclic amines) is 2. The van der Waals surface area contributed by atoms with Crippen LogP contribution in [-0.4, -0.2) is 78.0 Å². The van der Waals surface area contributed by atoms with Gasteiger partial charge < -0.3 is 19.9 Å². The van der Waals surface area contributed by atoms with Crippen molar-refractivity contribution in [1.82, 2.24) is 20.0 Å². The number of urea groups is 2. The molecule has 3 fully saturated rings. The Hall–Kier alpha value is -3.81. The van der Waals surface area contributed by atoms with Crippen LogP contribution in [0.3, 0.4) is 0 Å². The van der Waals surface area contributed by atoms with E-state index in [9.17, 15) is 40.7 Å². The zero-order chi connectivity index (χ0) is 32.5. The predicted molar refractivity (Wildman–Crippen MR) is 150 cm³/mol. The number of piperidine rings is 2. The molecule has 3 atom stereocenters. The van der Waals surface area contributed by atoms with E-state index in [1.165, 1.54) is 6.92 Å². The molecule has 0 saturated carbocycles. The average Bonchev–Trinajstić information content (AvgIpc) is 3.45. The molecule has 2 aromatic carbocycles. The maximum atomic E-state index is 13.6. The lowest BCUT2D eigenvalue weighted by molar-refractivity contribution is -0.143. The van der Waals surface area contributed by atoms with Gasteiger partial charge in [0.25, 0.3) is 0 Å². The minimum Gasteiger partial charge on any atom is -0.370 e. The molecule has 244 valence electrons. The molecule has 3 aliphatic rings. The summed E-state index contributed by atoms with van der Waals surface area (Å²) in [4.78, 5) is 42.7. The van der Waals surface area contributed by atoms with Crippen LogP contribution in [0.2, 0.25) is 0 Å². The van der Waals surface area contributed by atoms with Crippen LogP contribution in [0, 0.1) is 5.92 Å². The van der Waals surface area contributed by atoms with Crippen molar-refractivity contribution < 1.29 is 45.5 Å². The normalized spacial score (nSPS) is 22.4. The standard InChI is InChI=1S/C31H34F6N4O4/c1-19(22-15-23(30(32,33)34)17-24(16-22)31(35,36)37)45-26-9-13-40(18-25(26)20-5-3-2-4-6-20)27(42)21-7-11-39(12-8-21)29(44)41-14-10-38-28(41)43/h2-6,15-17,19,21,25-26H,7-14,18H2,1H3,(H,38,43)/t19-,25+,26+/m1/s1. The van der Waals surface area contributed by atoms with Crippen molar-refractivity contribution >= 4 is 18.0 Å². The molecule has 2 aromatic rings. The first-order chi connectivity index (χ1) is 21.2. The van der Waals surface area contributed by atoms with Gasteiger partial charge in [0, 0.05) is 51.1 Å². The van der Waals surface area contributed by atoms with Crippen LogP contribution in [0.4, 0.5) is 35.9 Å². The van der Waals surface area contributed by atoms with E-state index in [1.54, 1.807) is 9.80 Å². The first-order valence-electron chi connectivity index (χ1n) is 14.8. The molecule has 0 aromatic heterocycles. The Bertz CT molecular complexity index is 1360. The number of carbonyl (C=O) groups excluding carboxylic acids is 3. The highest BCUT2D eigenvalue weighted by Gasteiger charge is 2.40. The van der Waals surface area contributed by atoms with Gasteiger partial charge in [-0.2, -0.15) is 26.3 Å². The van der Waals surface area contributed by atoms with Gasteiger partial charge in [-0.05, 0) is 55.5 Å². The molecular formula is C31H34F6N4O4. The van der Waals surface area contributed by atoms with E-state index in [0.717, 1.165) is 10.5 Å². The Balaban J connectivity index is 1.28. The quantitative estimate of drug-likeness (QED) is 0.404. The molecule has 5 rings (SSSR count). The first kappa shape index (κ1) is 32.6. The summed E-state index contributed by atoms with van der Waals surface area (Å²) < 4.78 is 87.1. The SMILES string of the molecule is C[C@@H](O[C@H]1CCN(C(=O)C2CCN(C(=O)N3CCNC3=O)CC2)C[C@H]1c1ccccc1)c1cc(C(F)(F)F)cc(C(F)(F)F)c1. The highest BCUT2D eigenvalue weighted by Crippen LogP contribution is 2.40. The van der Waals surface area contributed by atoms with Crippen LogP contribution >= 0.6 is 0 Å². The monoisotopic (exact) mass is 640 g/mol. The molecule has 0 bridgehead atoms. The molecule has 8 nitrogen and oxygen atoms in total. The van der Waals surface area contributed by atoms with Crippen LogP contribution < -0.4 is 5.32 Å². The topological polar surface area (TPSA) is 82.2 Å². The third kappa shape index (κ3) is 7.37. The highest BCUT2D eigenvalue weighted by molar-refractivity contribution is 5.95. The summed E-state index contributed by atoms with van der Waals surface area (Å²) in [7, 11) is 0. The van der Waals surface area contributed by atoms with Gasteiger partial charge in [-0.3, -0.25) is 4.79 Å². The number of nitrogens with one attached hydrogen (secondary N) is 1. The van der Waals surface area contributed by atoms with Crippen LogP contribution in [0.5, 0.6) is 0 Å². The Morgan fingerprint density at radius 1 is 0.867 bits per heavy atom. The number of rotatable bonds is 5. The van der Waals surface area contributed by atoms with Gasteiger partial charge in [0.2, 0.25) is 5.91 Å². The molecule has 3 heterocycles. The fourth-order valence-electron chi connectivity index (χ4n) is 6.27. The number of carbonyl (C=O) groups is 3. The number of alkyl halides is 6. The molecule has 1 N–H and O–H groups in total. The zero-order valence-electron chi connectivity index (χ0n) is 24.5. The van der Waals surface area contributed by atoms with E-state index in [4.69, 9.17) is 4.74 Å². The number of ether oxygens (including phenoxy) is 1. The van der Waals surface area contributed by atoms with Gasteiger partial charge in [0.15, 0.2) is 0 Å². The van der Waals surface area contributed by atoms with Crippen LogP contribution in [-0.2, 0) is 21.9 Å². The highest BCUT2D eigenvalue weighted by atomic mass is 19.4. The molecule has 0 unspecified atom stereocenters. The van der Waals surface area contributed by atoms with Gasteiger partial charge in [0.1, 0.15) is 0 Å². The van der Waals surface area contributed by atoms with Crippen LogP contribution in [0.25, 0.3) is 0 Å². The lowest BCUT2D eigenvalue weighted by Crippen LogP contribution is -2.52. The van der Waals surface area contributed by atoms with Crippen molar-refractivity contribution in [2.24, 2.45) is 5.92 Å². The second-order valence-corrected chi connectivity index (χ2v) is 11.7. The lowest BCUT2D eigenvalue weighted by Gasteiger charge is -2.42. The number of hydrogen-bond donors (Lipinski definition) is 1. The van der Waals surface area contributed by atoms with Gasteiger partial charge in [0.05, 0.1) is 23.3 Å². The number of hydrogen-bond acceptors (Lipinski definition) is 4. The number of halogens is 6. The Morgan fingerprint density at radius 3 is 2.02 bits per heavy atom. The van der Waals surface area contributed by atoms with E-state index in [-0.39, 0.29) is 41.9 Å². The van der Waals surface area contributed by atoms with Crippen molar-refractivity contribution in [2.45, 2.75) is 56.7 Å². The van der Waals surface area contributed by atoms with Crippen molar-refractivity contribution in [1.29, 1.82) is 0 Å². The zero-order valence-corrected chi connectivity index (χ0v) is 24.5. The molecule has 3 saturated heterocycles. The molecule has 5 amide bonds. The smallest absolute Gasteiger partial charge is 0.370 e. The third-order valence-electron chi connectivity index (χ3n) is 8.75. The van der Waals surface area contributed by atoms with E-state index >= 15 is 0 Å². The van der Waals surface area contributed by atoms with Crippen molar-refractivity contribution in [3.05, 3.63) is 70.8 Å². The van der Waals surface area contributed by atoms with Crippen LogP contribution in [0.15, 0.2) is 48.5 Å². The molecule has 0 spiro atoms. The molecule has 0 radical (unpaired) electrons. The molecule has 0 aliphatic carbocycles. The van der Waals surface area contributed by atoms with Gasteiger partial charge >= 0.3 is 24.4 Å². The number of imide groups is 1. The summed E-state index contributed by atoms with van der Waals surface area (Å²) in [6.07, 6.45) is -10.4. The molecule has 3 aliphatic heterocycles. The first-order valence-corrected chi connectivity index (χ1v) is 14.8. The van der Waals surface area contributed by atoms with Gasteiger partial charge in [-0.1, -0.05) is 30.3 Å².